The molecule has 0 fully saturated rings. The van der Waals surface area contributed by atoms with Crippen molar-refractivity contribution >= 4 is 27.6 Å². The summed E-state index contributed by atoms with van der Waals surface area (Å²) in [5, 5.41) is 1.54. The highest BCUT2D eigenvalue weighted by molar-refractivity contribution is 8.12. The van der Waals surface area contributed by atoms with Crippen LogP contribution in [0.25, 0.3) is 22.0 Å². The molecule has 0 spiro atoms. The molecule has 1 aromatic heterocycles. The Balaban J connectivity index is 2.02. The molecule has 106 valence electrons. The van der Waals surface area contributed by atoms with Crippen molar-refractivity contribution < 1.29 is 8.42 Å². The van der Waals surface area contributed by atoms with Crippen LogP contribution in [0.4, 0.5) is 0 Å². The molecule has 0 saturated heterocycles. The molecule has 1 aliphatic rings. The van der Waals surface area contributed by atoms with E-state index in [9.17, 15) is 13.2 Å². The first-order valence-electron chi connectivity index (χ1n) is 6.75. The molecular weight excluding hydrogens is 297 g/mol. The molecule has 6 heteroatoms. The molecule has 4 nitrogen and oxygen atoms in total. The first-order valence-corrected chi connectivity index (χ1v) is 8.30. The van der Waals surface area contributed by atoms with Gasteiger partial charge in [0.05, 0.1) is 10.6 Å². The Hall–Kier alpha value is -2.34. The van der Waals surface area contributed by atoms with E-state index in [-0.39, 0.29) is 10.5 Å². The molecule has 0 atom stereocenters. The number of nitrogens with one attached hydrogen (secondary N) is 1. The molecule has 1 heterocycles. The number of pyridine rings is 1. The summed E-state index contributed by atoms with van der Waals surface area (Å²) in [4.78, 5) is 15.2. The van der Waals surface area contributed by atoms with Crippen molar-refractivity contribution in [1.29, 1.82) is 0 Å². The highest BCUT2D eigenvalue weighted by atomic mass is 32.2. The maximum Gasteiger partial charge on any atom is 0.262 e. The monoisotopic (exact) mass is 307 g/mol. The first-order chi connectivity index (χ1) is 10.4. The lowest BCUT2D eigenvalue weighted by Gasteiger charge is -2.05. The largest absolute Gasteiger partial charge is 0.321 e. The van der Waals surface area contributed by atoms with E-state index in [0.29, 0.717) is 11.8 Å². The maximum atomic E-state index is 12.2. The smallest absolute Gasteiger partial charge is 0.262 e. The number of rotatable bonds is 1. The third-order valence-electron chi connectivity index (χ3n) is 4.08. The van der Waals surface area contributed by atoms with Crippen molar-refractivity contribution in [3.05, 3.63) is 63.9 Å². The van der Waals surface area contributed by atoms with E-state index in [1.807, 2.05) is 18.2 Å². The molecule has 2 radical (unpaired) electrons. The van der Waals surface area contributed by atoms with Gasteiger partial charge in [-0.05, 0) is 34.7 Å². The Bertz CT molecular complexity index is 1100. The molecule has 0 amide bonds. The lowest BCUT2D eigenvalue weighted by Crippen LogP contribution is -2.08. The van der Waals surface area contributed by atoms with E-state index in [4.69, 9.17) is 7.12 Å². The number of H-pyrrole nitrogens is 1. The Kier molecular flexibility index (Phi) is 2.63. The van der Waals surface area contributed by atoms with Crippen molar-refractivity contribution in [1.82, 2.24) is 4.98 Å². The van der Waals surface area contributed by atoms with Gasteiger partial charge < -0.3 is 4.98 Å². The molecule has 1 aliphatic carbocycles. The van der Waals surface area contributed by atoms with Gasteiger partial charge in [0, 0.05) is 17.4 Å². The van der Waals surface area contributed by atoms with Crippen LogP contribution in [0, 0.1) is 0 Å². The predicted octanol–water partition coefficient (Wildman–Crippen LogP) is 1.96. The zero-order valence-corrected chi connectivity index (χ0v) is 12.3. The third-order valence-corrected chi connectivity index (χ3v) is 4.99. The van der Waals surface area contributed by atoms with Crippen LogP contribution in [0.15, 0.2) is 52.2 Å². The topological polar surface area (TPSA) is 67.0 Å². The number of aromatic amines is 1. The molecule has 0 unspecified atom stereocenters. The van der Waals surface area contributed by atoms with Gasteiger partial charge >= 0.3 is 0 Å². The summed E-state index contributed by atoms with van der Waals surface area (Å²) < 4.78 is 23.0. The van der Waals surface area contributed by atoms with Crippen molar-refractivity contribution in [2.45, 2.75) is 11.3 Å². The molecule has 0 aliphatic heterocycles. The van der Waals surface area contributed by atoms with Gasteiger partial charge in [0.15, 0.2) is 0 Å². The van der Waals surface area contributed by atoms with Crippen LogP contribution in [-0.4, -0.2) is 20.5 Å². The second-order valence-corrected chi connectivity index (χ2v) is 6.96. The van der Waals surface area contributed by atoms with Crippen molar-refractivity contribution in [3.8, 4) is 11.3 Å². The molecule has 1 N–H and O–H groups in total. The van der Waals surface area contributed by atoms with Gasteiger partial charge in [0.1, 0.15) is 9.69 Å². The first kappa shape index (κ1) is 13.3. The van der Waals surface area contributed by atoms with Crippen LogP contribution in [-0.2, 0) is 16.1 Å². The minimum Gasteiger partial charge on any atom is -0.321 e. The number of hydrogen-bond acceptors (Lipinski definition) is 3. The second kappa shape index (κ2) is 4.33. The predicted molar refractivity (Wildman–Crippen MR) is 85.8 cm³/mol. The Labute approximate surface area is 128 Å². The summed E-state index contributed by atoms with van der Waals surface area (Å²) in [6.45, 7) is 0. The van der Waals surface area contributed by atoms with Gasteiger partial charge in [-0.2, -0.15) is 0 Å². The summed E-state index contributed by atoms with van der Waals surface area (Å²) >= 11 is 0. The number of benzene rings is 2. The van der Waals surface area contributed by atoms with Crippen LogP contribution in [0.1, 0.15) is 11.1 Å². The molecular formula is C16H10BNO3S. The van der Waals surface area contributed by atoms with E-state index in [0.717, 1.165) is 27.8 Å². The number of hydrogen-bond donors (Lipinski definition) is 1. The van der Waals surface area contributed by atoms with Crippen molar-refractivity contribution in [3.63, 3.8) is 0 Å². The lowest BCUT2D eigenvalue weighted by molar-refractivity contribution is 0.609. The van der Waals surface area contributed by atoms with Gasteiger partial charge in [-0.3, -0.25) is 4.79 Å². The summed E-state index contributed by atoms with van der Waals surface area (Å²) in [7, 11) is 1.45. The molecule has 0 bridgehead atoms. The average Bonchev–Trinajstić information content (AvgIpc) is 2.85. The number of fused-ring (bicyclic) bond motifs is 5. The van der Waals surface area contributed by atoms with E-state index in [1.54, 1.807) is 18.2 Å². The molecule has 22 heavy (non-hydrogen) atoms. The minimum atomic E-state index is -3.73. The van der Waals surface area contributed by atoms with Crippen LogP contribution >= 0.6 is 0 Å². The van der Waals surface area contributed by atoms with Crippen molar-refractivity contribution in [2.75, 3.05) is 0 Å². The van der Waals surface area contributed by atoms with Crippen molar-refractivity contribution in [2.24, 2.45) is 0 Å². The van der Waals surface area contributed by atoms with Gasteiger partial charge in [-0.25, -0.2) is 8.42 Å². The average molecular weight is 307 g/mol. The van der Waals surface area contributed by atoms with E-state index in [2.05, 4.69) is 4.98 Å². The zero-order valence-electron chi connectivity index (χ0n) is 11.5. The fraction of sp³-hybridized carbons (Fsp3) is 0.0625. The normalized spacial score (nSPS) is 13.1. The quantitative estimate of drug-likeness (QED) is 0.547. The number of aromatic nitrogens is 1. The van der Waals surface area contributed by atoms with Gasteiger partial charge in [-0.1, -0.05) is 24.3 Å². The minimum absolute atomic E-state index is 0.0886. The van der Waals surface area contributed by atoms with E-state index < -0.39 is 9.69 Å². The Morgan fingerprint density at radius 3 is 2.50 bits per heavy atom. The van der Waals surface area contributed by atoms with Crippen LogP contribution in [0.2, 0.25) is 0 Å². The highest BCUT2D eigenvalue weighted by Gasteiger charge is 2.23. The molecule has 0 saturated carbocycles. The zero-order chi connectivity index (χ0) is 15.5. The molecule has 2 aromatic carbocycles. The summed E-state index contributed by atoms with van der Waals surface area (Å²) in [6, 6.07) is 12.2. The van der Waals surface area contributed by atoms with E-state index in [1.165, 1.54) is 6.07 Å². The fourth-order valence-electron chi connectivity index (χ4n) is 3.08. The third kappa shape index (κ3) is 1.84. The van der Waals surface area contributed by atoms with Gasteiger partial charge in [0.25, 0.3) is 12.7 Å². The standard InChI is InChI=1S/C16H10BNO3S/c17-22(20,21)10-5-6-11-9(7-10)8-14-12-3-1-2-4-13(12)16(19)18-15(11)14/h1-7H,8H2,(H,18,19). The second-order valence-electron chi connectivity index (χ2n) is 5.39. The van der Waals surface area contributed by atoms with Crippen LogP contribution in [0.3, 0.4) is 0 Å². The summed E-state index contributed by atoms with van der Waals surface area (Å²) in [6.07, 6.45) is 0.575. The maximum absolute atomic E-state index is 12.2. The Morgan fingerprint density at radius 2 is 1.77 bits per heavy atom. The summed E-state index contributed by atoms with van der Waals surface area (Å²) in [5.41, 5.74) is 3.34. The van der Waals surface area contributed by atoms with Gasteiger partial charge in [-0.15, -0.1) is 0 Å². The Morgan fingerprint density at radius 1 is 1.05 bits per heavy atom. The highest BCUT2D eigenvalue weighted by Crippen LogP contribution is 2.38. The van der Waals surface area contributed by atoms with Gasteiger partial charge in [0.2, 0.25) is 0 Å². The van der Waals surface area contributed by atoms with Crippen LogP contribution in [0.5, 0.6) is 0 Å². The van der Waals surface area contributed by atoms with E-state index >= 15 is 0 Å². The van der Waals surface area contributed by atoms with Crippen LogP contribution < -0.4 is 5.56 Å². The fourth-order valence-corrected chi connectivity index (χ4v) is 3.64. The SMILES string of the molecule is [B]S(=O)(=O)c1ccc2c(c1)Cc1c-2[nH]c(=O)c2ccccc12. The molecule has 4 rings (SSSR count). The lowest BCUT2D eigenvalue weighted by atomic mass is 10.0. The molecule has 3 aromatic rings. The summed E-state index contributed by atoms with van der Waals surface area (Å²) in [5.74, 6) is 0.